The molecule has 0 aliphatic carbocycles. The summed E-state index contributed by atoms with van der Waals surface area (Å²) in [5.74, 6) is -1.67. The molecule has 3 N–H and O–H groups in total. The van der Waals surface area contributed by atoms with Crippen molar-refractivity contribution in [3.63, 3.8) is 0 Å². The maximum Gasteiger partial charge on any atom is 0.340 e. The molecule has 0 radical (unpaired) electrons. The van der Waals surface area contributed by atoms with Crippen LogP contribution in [0.25, 0.3) is 0 Å². The topological polar surface area (TPSA) is 96.5 Å². The molecule has 0 bridgehead atoms. The summed E-state index contributed by atoms with van der Waals surface area (Å²) in [7, 11) is 1.54. The fraction of sp³-hybridized carbons (Fsp3) is 0.545. The molecule has 100 valence electrons. The zero-order valence-electron chi connectivity index (χ0n) is 10.8. The van der Waals surface area contributed by atoms with Gasteiger partial charge in [-0.3, -0.25) is 4.79 Å². The van der Waals surface area contributed by atoms with Gasteiger partial charge in [0.15, 0.2) is 0 Å². The van der Waals surface area contributed by atoms with Gasteiger partial charge in [-0.15, -0.1) is 0 Å². The number of amides is 1. The number of carboxylic acid groups (broad SMARTS) is 1. The number of aromatic carboxylic acids is 1. The molecule has 2 atom stereocenters. The lowest BCUT2D eigenvalue weighted by molar-refractivity contribution is -0.122. The zero-order chi connectivity index (χ0) is 14.0. The third-order valence-electron chi connectivity index (χ3n) is 2.87. The minimum Gasteiger partial charge on any atom is -0.478 e. The van der Waals surface area contributed by atoms with Gasteiger partial charge in [0.1, 0.15) is 10.6 Å². The van der Waals surface area contributed by atoms with E-state index in [1.54, 1.807) is 27.8 Å². The first kappa shape index (κ1) is 14.6. The summed E-state index contributed by atoms with van der Waals surface area (Å²) in [5.41, 5.74) is 6.17. The molecule has 2 unspecified atom stereocenters. The zero-order valence-corrected chi connectivity index (χ0v) is 11.6. The summed E-state index contributed by atoms with van der Waals surface area (Å²) < 4.78 is 3.98. The van der Waals surface area contributed by atoms with Crippen molar-refractivity contribution in [2.45, 2.75) is 26.8 Å². The lowest BCUT2D eigenvalue weighted by Crippen LogP contribution is -2.40. The molecule has 18 heavy (non-hydrogen) atoms. The average Bonchev–Trinajstić information content (AvgIpc) is 2.68. The molecule has 1 heterocycles. The van der Waals surface area contributed by atoms with Gasteiger partial charge in [0.05, 0.1) is 11.6 Å². The van der Waals surface area contributed by atoms with E-state index in [9.17, 15) is 9.59 Å². The highest BCUT2D eigenvalue weighted by Gasteiger charge is 2.27. The van der Waals surface area contributed by atoms with Crippen molar-refractivity contribution in [2.75, 3.05) is 11.9 Å². The molecular weight excluding hydrogens is 254 g/mol. The van der Waals surface area contributed by atoms with E-state index in [2.05, 4.69) is 4.37 Å². The number of aryl methyl sites for hydroxylation is 1. The molecule has 0 saturated carbocycles. The van der Waals surface area contributed by atoms with Crippen LogP contribution < -0.4 is 10.6 Å². The van der Waals surface area contributed by atoms with Crippen LogP contribution in [-0.2, 0) is 4.79 Å². The van der Waals surface area contributed by atoms with Crippen molar-refractivity contribution in [3.8, 4) is 0 Å². The largest absolute Gasteiger partial charge is 0.478 e. The van der Waals surface area contributed by atoms with E-state index >= 15 is 0 Å². The molecule has 1 aromatic heterocycles. The Morgan fingerprint density at radius 2 is 2.00 bits per heavy atom. The number of hydrogen-bond donors (Lipinski definition) is 2. The Morgan fingerprint density at radius 3 is 2.44 bits per heavy atom. The van der Waals surface area contributed by atoms with Crippen molar-refractivity contribution >= 4 is 28.4 Å². The summed E-state index contributed by atoms with van der Waals surface area (Å²) >= 11 is 1.00. The van der Waals surface area contributed by atoms with Crippen LogP contribution in [-0.4, -0.2) is 34.4 Å². The Labute approximate surface area is 110 Å². The maximum absolute atomic E-state index is 12.1. The van der Waals surface area contributed by atoms with E-state index in [1.807, 2.05) is 0 Å². The molecule has 0 spiro atoms. The minimum absolute atomic E-state index is 0.0766. The van der Waals surface area contributed by atoms with Gasteiger partial charge in [-0.1, -0.05) is 6.92 Å². The number of carbonyl (C=O) groups is 2. The lowest BCUT2D eigenvalue weighted by atomic mass is 10.0. The van der Waals surface area contributed by atoms with Gasteiger partial charge in [0, 0.05) is 13.1 Å². The van der Waals surface area contributed by atoms with Gasteiger partial charge in [-0.05, 0) is 25.4 Å². The second kappa shape index (κ2) is 5.45. The van der Waals surface area contributed by atoms with E-state index in [-0.39, 0.29) is 23.4 Å². The number of carbonyl (C=O) groups excluding carboxylic acids is 1. The molecule has 1 amide bonds. The monoisotopic (exact) mass is 271 g/mol. The highest BCUT2D eigenvalue weighted by Crippen LogP contribution is 2.28. The summed E-state index contributed by atoms with van der Waals surface area (Å²) in [5, 5.41) is 9.46. The van der Waals surface area contributed by atoms with Crippen LogP contribution in [0.1, 0.15) is 29.9 Å². The molecule has 0 aromatic carbocycles. The fourth-order valence-corrected chi connectivity index (χ4v) is 2.32. The molecule has 0 fully saturated rings. The number of nitrogens with zero attached hydrogens (tertiary/aromatic N) is 2. The van der Waals surface area contributed by atoms with Crippen LogP contribution in [0, 0.1) is 12.8 Å². The van der Waals surface area contributed by atoms with E-state index in [0.717, 1.165) is 11.5 Å². The molecule has 1 rings (SSSR count). The Balaban J connectivity index is 3.08. The number of rotatable bonds is 4. The van der Waals surface area contributed by atoms with Gasteiger partial charge >= 0.3 is 5.97 Å². The van der Waals surface area contributed by atoms with E-state index < -0.39 is 5.97 Å². The highest BCUT2D eigenvalue weighted by molar-refractivity contribution is 7.11. The second-order valence-corrected chi connectivity index (χ2v) is 5.05. The summed E-state index contributed by atoms with van der Waals surface area (Å²) in [4.78, 5) is 24.6. The first-order chi connectivity index (χ1) is 8.27. The van der Waals surface area contributed by atoms with Crippen molar-refractivity contribution < 1.29 is 14.7 Å². The third-order valence-corrected chi connectivity index (χ3v) is 3.89. The standard InChI is InChI=1S/C11H17N3O3S/c1-5(6(2)12)9(15)14(4)10-8(11(16)17)7(3)13-18-10/h5-6H,12H2,1-4H3,(H,16,17). The molecule has 7 heteroatoms. The highest BCUT2D eigenvalue weighted by atomic mass is 32.1. The van der Waals surface area contributed by atoms with Crippen LogP contribution in [0.4, 0.5) is 5.00 Å². The molecule has 0 aliphatic rings. The Hall–Kier alpha value is -1.47. The Kier molecular flexibility index (Phi) is 4.42. The molecule has 0 saturated heterocycles. The van der Waals surface area contributed by atoms with Crippen LogP contribution in [0.15, 0.2) is 0 Å². The second-order valence-electron chi connectivity index (χ2n) is 4.30. The van der Waals surface area contributed by atoms with Crippen LogP contribution in [0.3, 0.4) is 0 Å². The van der Waals surface area contributed by atoms with Gasteiger partial charge < -0.3 is 15.7 Å². The predicted molar refractivity (Wildman–Crippen MR) is 70.0 cm³/mol. The fourth-order valence-electron chi connectivity index (χ4n) is 1.46. The van der Waals surface area contributed by atoms with Gasteiger partial charge in [0.2, 0.25) is 5.91 Å². The summed E-state index contributed by atoms with van der Waals surface area (Å²) in [6.45, 7) is 5.07. The van der Waals surface area contributed by atoms with Crippen LogP contribution in [0.2, 0.25) is 0 Å². The number of nitrogens with two attached hydrogens (primary N) is 1. The van der Waals surface area contributed by atoms with Crippen LogP contribution in [0.5, 0.6) is 0 Å². The molecular formula is C11H17N3O3S. The third kappa shape index (κ3) is 2.68. The van der Waals surface area contributed by atoms with Gasteiger partial charge in [0.25, 0.3) is 0 Å². The Bertz CT molecular complexity index is 470. The van der Waals surface area contributed by atoms with Crippen molar-refractivity contribution in [1.29, 1.82) is 0 Å². The maximum atomic E-state index is 12.1. The first-order valence-corrected chi connectivity index (χ1v) is 6.27. The number of aromatic nitrogens is 1. The Morgan fingerprint density at radius 1 is 1.44 bits per heavy atom. The molecule has 0 aliphatic heterocycles. The summed E-state index contributed by atoms with van der Waals surface area (Å²) in [6, 6.07) is -0.290. The normalized spacial score (nSPS) is 14.1. The number of anilines is 1. The number of hydrogen-bond acceptors (Lipinski definition) is 5. The average molecular weight is 271 g/mol. The van der Waals surface area contributed by atoms with E-state index in [1.165, 1.54) is 4.90 Å². The van der Waals surface area contributed by atoms with Gasteiger partial charge in [-0.25, -0.2) is 4.79 Å². The first-order valence-electron chi connectivity index (χ1n) is 5.50. The van der Waals surface area contributed by atoms with Gasteiger partial charge in [-0.2, -0.15) is 4.37 Å². The van der Waals surface area contributed by atoms with Crippen LogP contribution >= 0.6 is 11.5 Å². The lowest BCUT2D eigenvalue weighted by Gasteiger charge is -2.22. The molecule has 1 aromatic rings. The molecule has 6 nitrogen and oxygen atoms in total. The van der Waals surface area contributed by atoms with E-state index in [4.69, 9.17) is 10.8 Å². The SMILES string of the molecule is Cc1nsc(N(C)C(=O)C(C)C(C)N)c1C(=O)O. The van der Waals surface area contributed by atoms with Crippen molar-refractivity contribution in [2.24, 2.45) is 11.7 Å². The predicted octanol–water partition coefficient (Wildman–Crippen LogP) is 1.10. The van der Waals surface area contributed by atoms with E-state index in [0.29, 0.717) is 10.7 Å². The number of carboxylic acids is 1. The minimum atomic E-state index is -1.08. The smallest absolute Gasteiger partial charge is 0.340 e. The van der Waals surface area contributed by atoms with Crippen molar-refractivity contribution in [3.05, 3.63) is 11.3 Å². The summed E-state index contributed by atoms with van der Waals surface area (Å²) in [6.07, 6.45) is 0. The quantitative estimate of drug-likeness (QED) is 0.854. The van der Waals surface area contributed by atoms with Crippen molar-refractivity contribution in [1.82, 2.24) is 4.37 Å².